The van der Waals surface area contributed by atoms with Gasteiger partial charge in [0.2, 0.25) is 0 Å². The molecule has 1 heterocycles. The lowest BCUT2D eigenvalue weighted by molar-refractivity contribution is 0.627. The van der Waals surface area contributed by atoms with E-state index in [1.54, 1.807) is 10.7 Å². The Morgan fingerprint density at radius 3 is 2.52 bits per heavy atom. The molecule has 0 unspecified atom stereocenters. The number of para-hydroxylation sites is 1. The maximum absolute atomic E-state index is 13.4. The molecular weight excluding hydrogens is 425 g/mol. The number of anilines is 2. The Hall–Kier alpha value is -1.66. The van der Waals surface area contributed by atoms with Crippen molar-refractivity contribution < 1.29 is 4.39 Å². The zero-order valence-corrected chi connectivity index (χ0v) is 15.7. The van der Waals surface area contributed by atoms with Crippen LogP contribution in [-0.2, 0) is 7.05 Å². The average molecular weight is 439 g/mol. The van der Waals surface area contributed by atoms with E-state index in [4.69, 9.17) is 0 Å². The van der Waals surface area contributed by atoms with E-state index in [1.807, 2.05) is 38.2 Å². The van der Waals surface area contributed by atoms with Crippen LogP contribution in [0.3, 0.4) is 0 Å². The predicted molar refractivity (Wildman–Crippen MR) is 98.5 cm³/mol. The van der Waals surface area contributed by atoms with Crippen LogP contribution in [0.2, 0.25) is 0 Å². The lowest BCUT2D eigenvalue weighted by Crippen LogP contribution is -2.01. The van der Waals surface area contributed by atoms with Gasteiger partial charge < -0.3 is 5.32 Å². The van der Waals surface area contributed by atoms with Crippen molar-refractivity contribution >= 4 is 43.4 Å². The molecule has 0 radical (unpaired) electrons. The monoisotopic (exact) mass is 437 g/mol. The third-order valence-electron chi connectivity index (χ3n) is 3.55. The van der Waals surface area contributed by atoms with E-state index in [1.165, 1.54) is 12.1 Å². The fraction of sp³-hybridized carbons (Fsp3) is 0.118. The van der Waals surface area contributed by atoms with Gasteiger partial charge in [-0.15, -0.1) is 0 Å². The molecule has 0 saturated carbocycles. The predicted octanol–water partition coefficient (Wildman–Crippen LogP) is 5.80. The Labute approximate surface area is 150 Å². The SMILES string of the molecule is Cc1nn(C)c(Nc2ccccc2Br)c1-c1ccc(F)cc1Br. The van der Waals surface area contributed by atoms with Crippen LogP contribution in [0.15, 0.2) is 51.4 Å². The summed E-state index contributed by atoms with van der Waals surface area (Å²) in [6.07, 6.45) is 0. The van der Waals surface area contributed by atoms with Crippen LogP contribution in [0, 0.1) is 12.7 Å². The van der Waals surface area contributed by atoms with Gasteiger partial charge in [-0.1, -0.05) is 34.1 Å². The third-order valence-corrected chi connectivity index (χ3v) is 4.90. The van der Waals surface area contributed by atoms with E-state index >= 15 is 0 Å². The lowest BCUT2D eigenvalue weighted by Gasteiger charge is -2.12. The quantitative estimate of drug-likeness (QED) is 0.559. The summed E-state index contributed by atoms with van der Waals surface area (Å²) in [7, 11) is 1.88. The van der Waals surface area contributed by atoms with Gasteiger partial charge in [0, 0.05) is 27.1 Å². The second kappa shape index (κ2) is 6.45. The number of rotatable bonds is 3. The summed E-state index contributed by atoms with van der Waals surface area (Å²) in [6, 6.07) is 12.5. The number of aromatic nitrogens is 2. The molecule has 2 aromatic carbocycles. The second-order valence-corrected chi connectivity index (χ2v) is 6.87. The summed E-state index contributed by atoms with van der Waals surface area (Å²) in [5.74, 6) is 0.573. The Bertz CT molecular complexity index is 874. The Morgan fingerprint density at radius 1 is 1.09 bits per heavy atom. The first kappa shape index (κ1) is 16.2. The van der Waals surface area contributed by atoms with Crippen molar-refractivity contribution in [3.05, 3.63) is 62.9 Å². The van der Waals surface area contributed by atoms with E-state index in [0.717, 1.165) is 32.8 Å². The normalized spacial score (nSPS) is 10.8. The van der Waals surface area contributed by atoms with Crippen LogP contribution >= 0.6 is 31.9 Å². The minimum atomic E-state index is -0.275. The van der Waals surface area contributed by atoms with Crippen molar-refractivity contribution in [1.29, 1.82) is 0 Å². The van der Waals surface area contributed by atoms with Gasteiger partial charge in [-0.2, -0.15) is 5.10 Å². The first-order chi connectivity index (χ1) is 11.0. The fourth-order valence-electron chi connectivity index (χ4n) is 2.51. The van der Waals surface area contributed by atoms with E-state index in [-0.39, 0.29) is 5.82 Å². The number of halogens is 3. The first-order valence-corrected chi connectivity index (χ1v) is 8.56. The van der Waals surface area contributed by atoms with Gasteiger partial charge in [0.25, 0.3) is 0 Å². The van der Waals surface area contributed by atoms with Crippen molar-refractivity contribution in [3.63, 3.8) is 0 Å². The fourth-order valence-corrected chi connectivity index (χ4v) is 3.44. The topological polar surface area (TPSA) is 29.9 Å². The van der Waals surface area contributed by atoms with E-state index in [0.29, 0.717) is 4.47 Å². The maximum atomic E-state index is 13.4. The summed E-state index contributed by atoms with van der Waals surface area (Å²) in [6.45, 7) is 1.94. The molecule has 0 aliphatic heterocycles. The van der Waals surface area contributed by atoms with Gasteiger partial charge in [-0.25, -0.2) is 4.39 Å². The van der Waals surface area contributed by atoms with Gasteiger partial charge >= 0.3 is 0 Å². The number of hydrogen-bond acceptors (Lipinski definition) is 2. The number of aryl methyl sites for hydroxylation is 2. The highest BCUT2D eigenvalue weighted by atomic mass is 79.9. The molecule has 0 spiro atoms. The van der Waals surface area contributed by atoms with Gasteiger partial charge in [0.05, 0.1) is 11.4 Å². The molecule has 0 aliphatic rings. The minimum absolute atomic E-state index is 0.275. The van der Waals surface area contributed by atoms with Gasteiger partial charge in [-0.3, -0.25) is 4.68 Å². The zero-order valence-electron chi connectivity index (χ0n) is 12.6. The molecule has 0 aliphatic carbocycles. The van der Waals surface area contributed by atoms with Crippen LogP contribution in [-0.4, -0.2) is 9.78 Å². The van der Waals surface area contributed by atoms with Crippen molar-refractivity contribution in [2.45, 2.75) is 6.92 Å². The van der Waals surface area contributed by atoms with Crippen LogP contribution in [0.25, 0.3) is 11.1 Å². The highest BCUT2D eigenvalue weighted by molar-refractivity contribution is 9.11. The smallest absolute Gasteiger partial charge is 0.136 e. The zero-order chi connectivity index (χ0) is 16.6. The molecule has 23 heavy (non-hydrogen) atoms. The van der Waals surface area contributed by atoms with Gasteiger partial charge in [0.1, 0.15) is 11.6 Å². The Morgan fingerprint density at radius 2 is 1.83 bits per heavy atom. The number of hydrogen-bond donors (Lipinski definition) is 1. The van der Waals surface area contributed by atoms with Crippen molar-refractivity contribution in [1.82, 2.24) is 9.78 Å². The molecule has 0 amide bonds. The van der Waals surface area contributed by atoms with Gasteiger partial charge in [0.15, 0.2) is 0 Å². The highest BCUT2D eigenvalue weighted by Gasteiger charge is 2.18. The molecule has 3 rings (SSSR count). The summed E-state index contributed by atoms with van der Waals surface area (Å²) in [5.41, 5.74) is 3.64. The van der Waals surface area contributed by atoms with E-state index in [9.17, 15) is 4.39 Å². The Kier molecular flexibility index (Phi) is 4.55. The van der Waals surface area contributed by atoms with Gasteiger partial charge in [-0.05, 0) is 47.1 Å². The molecule has 3 aromatic rings. The number of nitrogens with one attached hydrogen (secondary N) is 1. The highest BCUT2D eigenvalue weighted by Crippen LogP contribution is 2.38. The number of nitrogens with zero attached hydrogens (tertiary/aromatic N) is 2. The molecule has 1 N–H and O–H groups in total. The van der Waals surface area contributed by atoms with Crippen molar-refractivity contribution in [2.24, 2.45) is 7.05 Å². The van der Waals surface area contributed by atoms with Crippen LogP contribution in [0.4, 0.5) is 15.9 Å². The minimum Gasteiger partial charge on any atom is -0.339 e. The van der Waals surface area contributed by atoms with E-state index in [2.05, 4.69) is 42.3 Å². The van der Waals surface area contributed by atoms with Crippen molar-refractivity contribution in [2.75, 3.05) is 5.32 Å². The molecule has 118 valence electrons. The van der Waals surface area contributed by atoms with Crippen LogP contribution in [0.1, 0.15) is 5.69 Å². The van der Waals surface area contributed by atoms with Crippen LogP contribution in [0.5, 0.6) is 0 Å². The van der Waals surface area contributed by atoms with Crippen LogP contribution < -0.4 is 5.32 Å². The standard InChI is InChI=1S/C17H14Br2FN3/c1-10-16(12-8-7-11(20)9-14(12)19)17(23(2)22-10)21-15-6-4-3-5-13(15)18/h3-9,21H,1-2H3. The summed E-state index contributed by atoms with van der Waals surface area (Å²) in [5, 5.41) is 7.91. The Balaban J connectivity index is 2.13. The molecule has 3 nitrogen and oxygen atoms in total. The second-order valence-electron chi connectivity index (χ2n) is 5.16. The molecule has 0 fully saturated rings. The largest absolute Gasteiger partial charge is 0.339 e. The van der Waals surface area contributed by atoms with E-state index < -0.39 is 0 Å². The molecule has 6 heteroatoms. The average Bonchev–Trinajstić information content (AvgIpc) is 2.76. The summed E-state index contributed by atoms with van der Waals surface area (Å²) in [4.78, 5) is 0. The summed E-state index contributed by atoms with van der Waals surface area (Å²) < 4.78 is 16.8. The molecule has 0 atom stereocenters. The summed E-state index contributed by atoms with van der Waals surface area (Å²) >= 11 is 6.99. The number of benzene rings is 2. The lowest BCUT2D eigenvalue weighted by atomic mass is 10.1. The molecule has 1 aromatic heterocycles. The van der Waals surface area contributed by atoms with Crippen molar-refractivity contribution in [3.8, 4) is 11.1 Å². The first-order valence-electron chi connectivity index (χ1n) is 6.98. The molecular formula is C17H14Br2FN3. The maximum Gasteiger partial charge on any atom is 0.136 e. The third kappa shape index (κ3) is 3.19. The molecule has 0 bridgehead atoms. The molecule has 0 saturated heterocycles.